The predicted octanol–water partition coefficient (Wildman–Crippen LogP) is 2.29. The minimum Gasteiger partial charge on any atom is -0.480 e. The van der Waals surface area contributed by atoms with Gasteiger partial charge in [0.05, 0.1) is 0 Å². The highest BCUT2D eigenvalue weighted by atomic mass is 35.5. The molecule has 0 radical (unpaired) electrons. The third kappa shape index (κ3) is 4.04. The van der Waals surface area contributed by atoms with E-state index < -0.39 is 12.0 Å². The molecule has 0 saturated heterocycles. The lowest BCUT2D eigenvalue weighted by molar-refractivity contribution is -0.137. The van der Waals surface area contributed by atoms with E-state index in [1.807, 2.05) is 25.1 Å². The molecule has 0 aliphatic heterocycles. The molecule has 3 nitrogen and oxygen atoms in total. The molecule has 3 N–H and O–H groups in total. The molecule has 1 aromatic carbocycles. The van der Waals surface area contributed by atoms with Gasteiger partial charge in [0.15, 0.2) is 0 Å². The molecule has 0 spiro atoms. The Labute approximate surface area is 104 Å². The van der Waals surface area contributed by atoms with Crippen LogP contribution in [0, 0.1) is 6.92 Å². The molecule has 0 bridgehead atoms. The number of benzene rings is 1. The van der Waals surface area contributed by atoms with Crippen LogP contribution in [0.3, 0.4) is 0 Å². The standard InChI is InChI=1S/C11H14ClNO2S/c1-7-2-3-8(9(12)4-7)5-16-6-10(13)11(14)15/h2-4,10H,5-6,13H2,1H3,(H,14,15). The summed E-state index contributed by atoms with van der Waals surface area (Å²) in [6.07, 6.45) is 0. The van der Waals surface area contributed by atoms with E-state index in [1.54, 1.807) is 0 Å². The van der Waals surface area contributed by atoms with Crippen molar-refractivity contribution in [2.24, 2.45) is 5.73 Å². The molecule has 0 saturated carbocycles. The van der Waals surface area contributed by atoms with Crippen molar-refractivity contribution in [2.75, 3.05) is 5.75 Å². The minimum absolute atomic E-state index is 0.388. The topological polar surface area (TPSA) is 63.3 Å². The SMILES string of the molecule is Cc1ccc(CSCC(N)C(=O)O)c(Cl)c1. The van der Waals surface area contributed by atoms with Gasteiger partial charge in [0.1, 0.15) is 6.04 Å². The minimum atomic E-state index is -0.970. The van der Waals surface area contributed by atoms with E-state index in [1.165, 1.54) is 11.8 Å². The van der Waals surface area contributed by atoms with Gasteiger partial charge in [-0.05, 0) is 24.1 Å². The van der Waals surface area contributed by atoms with Gasteiger partial charge in [-0.15, -0.1) is 0 Å². The molecule has 1 unspecified atom stereocenters. The Morgan fingerprint density at radius 3 is 2.88 bits per heavy atom. The van der Waals surface area contributed by atoms with Crippen molar-refractivity contribution in [1.82, 2.24) is 0 Å². The quantitative estimate of drug-likeness (QED) is 0.852. The molecule has 0 heterocycles. The van der Waals surface area contributed by atoms with Gasteiger partial charge in [-0.1, -0.05) is 23.7 Å². The van der Waals surface area contributed by atoms with Crippen LogP contribution in [0.25, 0.3) is 0 Å². The molecule has 1 rings (SSSR count). The highest BCUT2D eigenvalue weighted by Crippen LogP contribution is 2.22. The van der Waals surface area contributed by atoms with Crippen LogP contribution in [-0.4, -0.2) is 22.9 Å². The van der Waals surface area contributed by atoms with Crippen molar-refractivity contribution in [3.05, 3.63) is 34.3 Å². The molecule has 0 amide bonds. The number of aryl methyl sites for hydroxylation is 1. The number of carboxylic acids is 1. The zero-order chi connectivity index (χ0) is 12.1. The number of carboxylic acid groups (broad SMARTS) is 1. The van der Waals surface area contributed by atoms with Crippen molar-refractivity contribution < 1.29 is 9.90 Å². The smallest absolute Gasteiger partial charge is 0.321 e. The second kappa shape index (κ2) is 6.13. The van der Waals surface area contributed by atoms with E-state index in [0.717, 1.165) is 16.1 Å². The van der Waals surface area contributed by atoms with Crippen LogP contribution in [0.1, 0.15) is 11.1 Å². The van der Waals surface area contributed by atoms with Crippen LogP contribution in [0.4, 0.5) is 0 Å². The van der Waals surface area contributed by atoms with Crippen LogP contribution in [0.15, 0.2) is 18.2 Å². The first kappa shape index (κ1) is 13.4. The zero-order valence-electron chi connectivity index (χ0n) is 8.94. The first-order valence-electron chi connectivity index (χ1n) is 4.82. The van der Waals surface area contributed by atoms with Crippen molar-refractivity contribution >= 4 is 29.3 Å². The lowest BCUT2D eigenvalue weighted by atomic mass is 10.2. The fourth-order valence-corrected chi connectivity index (χ4v) is 2.50. The Morgan fingerprint density at radius 1 is 1.62 bits per heavy atom. The second-order valence-corrected chi connectivity index (χ2v) is 4.99. The van der Waals surface area contributed by atoms with Crippen molar-refractivity contribution in [1.29, 1.82) is 0 Å². The second-order valence-electron chi connectivity index (χ2n) is 3.55. The summed E-state index contributed by atoms with van der Waals surface area (Å²) >= 11 is 7.52. The molecule has 16 heavy (non-hydrogen) atoms. The van der Waals surface area contributed by atoms with Gasteiger partial charge in [-0.2, -0.15) is 11.8 Å². The van der Waals surface area contributed by atoms with Gasteiger partial charge >= 0.3 is 5.97 Å². The zero-order valence-corrected chi connectivity index (χ0v) is 10.5. The lowest BCUT2D eigenvalue weighted by Gasteiger charge is -2.07. The monoisotopic (exact) mass is 259 g/mol. The first-order valence-corrected chi connectivity index (χ1v) is 6.35. The Kier molecular flexibility index (Phi) is 5.12. The Balaban J connectivity index is 2.46. The summed E-state index contributed by atoms with van der Waals surface area (Å²) in [6, 6.07) is 5.03. The summed E-state index contributed by atoms with van der Waals surface area (Å²) in [7, 11) is 0. The molecule has 0 aliphatic carbocycles. The summed E-state index contributed by atoms with van der Waals surface area (Å²) in [5, 5.41) is 9.32. The molecule has 0 aliphatic rings. The van der Waals surface area contributed by atoms with E-state index >= 15 is 0 Å². The van der Waals surface area contributed by atoms with Crippen molar-refractivity contribution in [3.63, 3.8) is 0 Å². The number of hydrogen-bond donors (Lipinski definition) is 2. The van der Waals surface area contributed by atoms with Crippen LogP contribution in [0.5, 0.6) is 0 Å². The molecular formula is C11H14ClNO2S. The molecule has 88 valence electrons. The van der Waals surface area contributed by atoms with Crippen LogP contribution < -0.4 is 5.73 Å². The van der Waals surface area contributed by atoms with Crippen LogP contribution in [0.2, 0.25) is 5.02 Å². The maximum atomic E-state index is 10.5. The summed E-state index contributed by atoms with van der Waals surface area (Å²) in [4.78, 5) is 10.5. The number of thioether (sulfide) groups is 1. The van der Waals surface area contributed by atoms with Gasteiger partial charge in [0.2, 0.25) is 0 Å². The number of rotatable bonds is 5. The third-order valence-electron chi connectivity index (χ3n) is 2.08. The van der Waals surface area contributed by atoms with Gasteiger partial charge < -0.3 is 10.8 Å². The van der Waals surface area contributed by atoms with E-state index in [9.17, 15) is 4.79 Å². The molecule has 5 heteroatoms. The molecule has 1 aromatic rings. The average Bonchev–Trinajstić information content (AvgIpc) is 2.20. The molecule has 0 aromatic heterocycles. The number of carbonyl (C=O) groups is 1. The van der Waals surface area contributed by atoms with Gasteiger partial charge in [-0.3, -0.25) is 4.79 Å². The summed E-state index contributed by atoms with van der Waals surface area (Å²) in [5.74, 6) is 0.0992. The maximum absolute atomic E-state index is 10.5. The van der Waals surface area contributed by atoms with Crippen LogP contribution >= 0.6 is 23.4 Å². The third-order valence-corrected chi connectivity index (χ3v) is 3.54. The van der Waals surface area contributed by atoms with E-state index in [0.29, 0.717) is 11.5 Å². The van der Waals surface area contributed by atoms with Crippen molar-refractivity contribution in [2.45, 2.75) is 18.7 Å². The predicted molar refractivity (Wildman–Crippen MR) is 68.0 cm³/mol. The number of nitrogens with two attached hydrogens (primary N) is 1. The molecule has 0 fully saturated rings. The molecule has 1 atom stereocenters. The average molecular weight is 260 g/mol. The van der Waals surface area contributed by atoms with Gasteiger partial charge in [0.25, 0.3) is 0 Å². The Bertz CT molecular complexity index is 384. The van der Waals surface area contributed by atoms with Gasteiger partial charge in [0, 0.05) is 16.5 Å². The summed E-state index contributed by atoms with van der Waals surface area (Å²) in [6.45, 7) is 1.98. The van der Waals surface area contributed by atoms with Crippen molar-refractivity contribution in [3.8, 4) is 0 Å². The van der Waals surface area contributed by atoms with Gasteiger partial charge in [-0.25, -0.2) is 0 Å². The largest absolute Gasteiger partial charge is 0.480 e. The van der Waals surface area contributed by atoms with E-state index in [4.69, 9.17) is 22.4 Å². The first-order chi connectivity index (χ1) is 7.50. The highest BCUT2D eigenvalue weighted by Gasteiger charge is 2.11. The number of halogens is 1. The summed E-state index contributed by atoms with van der Waals surface area (Å²) in [5.41, 5.74) is 7.51. The normalized spacial score (nSPS) is 12.4. The number of aliphatic carboxylic acids is 1. The Hall–Kier alpha value is -0.710. The number of hydrogen-bond acceptors (Lipinski definition) is 3. The summed E-state index contributed by atoms with van der Waals surface area (Å²) < 4.78 is 0. The fraction of sp³-hybridized carbons (Fsp3) is 0.364. The fourth-order valence-electron chi connectivity index (χ4n) is 1.14. The molecular weight excluding hydrogens is 246 g/mol. The highest BCUT2D eigenvalue weighted by molar-refractivity contribution is 7.98. The lowest BCUT2D eigenvalue weighted by Crippen LogP contribution is -2.32. The van der Waals surface area contributed by atoms with E-state index in [-0.39, 0.29) is 0 Å². The Morgan fingerprint density at radius 2 is 2.31 bits per heavy atom. The van der Waals surface area contributed by atoms with E-state index in [2.05, 4.69) is 0 Å². The maximum Gasteiger partial charge on any atom is 0.321 e. The van der Waals surface area contributed by atoms with Crippen LogP contribution in [-0.2, 0) is 10.5 Å².